The van der Waals surface area contributed by atoms with Crippen molar-refractivity contribution in [3.05, 3.63) is 23.0 Å². The van der Waals surface area contributed by atoms with Crippen molar-refractivity contribution < 1.29 is 0 Å². The zero-order valence-corrected chi connectivity index (χ0v) is 8.93. The molecule has 0 saturated carbocycles. The van der Waals surface area contributed by atoms with Crippen molar-refractivity contribution in [2.24, 2.45) is 5.73 Å². The number of hydrogen-bond donors (Lipinski definition) is 2. The summed E-state index contributed by atoms with van der Waals surface area (Å²) >= 11 is 1.63. The summed E-state index contributed by atoms with van der Waals surface area (Å²) in [5.74, 6) is 0. The molecule has 74 valence electrons. The summed E-state index contributed by atoms with van der Waals surface area (Å²) in [5.41, 5.74) is 7.86. The fourth-order valence-corrected chi connectivity index (χ4v) is 2.32. The van der Waals surface area contributed by atoms with E-state index >= 15 is 0 Å². The largest absolute Gasteiger partial charge is 0.323 e. The van der Waals surface area contributed by atoms with E-state index in [4.69, 9.17) is 5.73 Å². The summed E-state index contributed by atoms with van der Waals surface area (Å²) in [5, 5.41) is 7.64. The number of nitrogens with two attached hydrogens (primary N) is 1. The van der Waals surface area contributed by atoms with Crippen molar-refractivity contribution >= 4 is 11.3 Å². The van der Waals surface area contributed by atoms with E-state index in [0.717, 1.165) is 21.1 Å². The van der Waals surface area contributed by atoms with E-state index in [-0.39, 0.29) is 6.04 Å². The molecule has 0 bridgehead atoms. The van der Waals surface area contributed by atoms with Crippen molar-refractivity contribution in [1.29, 1.82) is 0 Å². The number of nitrogens with zero attached hydrogens (tertiary/aromatic N) is 2. The highest BCUT2D eigenvalue weighted by Gasteiger charge is 2.12. The van der Waals surface area contributed by atoms with E-state index in [1.54, 1.807) is 17.5 Å². The van der Waals surface area contributed by atoms with Crippen LogP contribution >= 0.6 is 11.3 Å². The molecule has 0 aliphatic rings. The average molecular weight is 208 g/mol. The van der Waals surface area contributed by atoms with E-state index in [2.05, 4.69) is 15.2 Å². The Hall–Kier alpha value is -1.20. The van der Waals surface area contributed by atoms with Crippen LogP contribution in [-0.2, 0) is 0 Å². The second-order valence-electron chi connectivity index (χ2n) is 3.24. The molecular formula is C9H12N4S. The van der Waals surface area contributed by atoms with Gasteiger partial charge in [0.15, 0.2) is 0 Å². The van der Waals surface area contributed by atoms with Gasteiger partial charge < -0.3 is 5.73 Å². The molecule has 0 spiro atoms. The van der Waals surface area contributed by atoms with Crippen LogP contribution in [0.5, 0.6) is 0 Å². The second-order valence-corrected chi connectivity index (χ2v) is 4.27. The third-order valence-corrected chi connectivity index (χ3v) is 3.40. The van der Waals surface area contributed by atoms with Crippen LogP contribution in [0.15, 0.2) is 12.4 Å². The third-order valence-electron chi connectivity index (χ3n) is 1.99. The molecule has 1 atom stereocenters. The minimum atomic E-state index is 0.0492. The van der Waals surface area contributed by atoms with Gasteiger partial charge in [0.2, 0.25) is 0 Å². The molecule has 0 aromatic carbocycles. The van der Waals surface area contributed by atoms with Crippen LogP contribution in [0.4, 0.5) is 0 Å². The number of thiazole rings is 1. The molecule has 2 rings (SSSR count). The van der Waals surface area contributed by atoms with Gasteiger partial charge in [0, 0.05) is 22.7 Å². The van der Waals surface area contributed by atoms with Gasteiger partial charge in [-0.2, -0.15) is 5.10 Å². The molecule has 0 fully saturated rings. The zero-order valence-electron chi connectivity index (χ0n) is 8.11. The first kappa shape index (κ1) is 9.36. The number of rotatable bonds is 2. The van der Waals surface area contributed by atoms with Crippen molar-refractivity contribution in [1.82, 2.24) is 15.2 Å². The van der Waals surface area contributed by atoms with E-state index in [0.29, 0.717) is 0 Å². The Kier molecular flexibility index (Phi) is 2.35. The molecule has 0 saturated heterocycles. The van der Waals surface area contributed by atoms with Crippen LogP contribution in [0.1, 0.15) is 23.5 Å². The predicted octanol–water partition coefficient (Wildman–Crippen LogP) is 1.86. The Balaban J connectivity index is 2.43. The number of hydrogen-bond acceptors (Lipinski definition) is 4. The molecule has 1 unspecified atom stereocenters. The standard InChI is InChI=1S/C9H12N4S/c1-5(10)8-6(2)13-9(14-8)7-3-11-12-4-7/h3-5H,10H2,1-2H3,(H,11,12). The molecule has 5 heteroatoms. The number of aromatic nitrogens is 3. The van der Waals surface area contributed by atoms with Gasteiger partial charge in [0.25, 0.3) is 0 Å². The van der Waals surface area contributed by atoms with Gasteiger partial charge in [-0.25, -0.2) is 4.98 Å². The van der Waals surface area contributed by atoms with Gasteiger partial charge in [0.05, 0.1) is 11.9 Å². The Morgan fingerprint density at radius 2 is 2.36 bits per heavy atom. The minimum Gasteiger partial charge on any atom is -0.323 e. The van der Waals surface area contributed by atoms with Crippen molar-refractivity contribution in [3.8, 4) is 10.6 Å². The first-order valence-corrected chi connectivity index (χ1v) is 5.22. The quantitative estimate of drug-likeness (QED) is 0.791. The lowest BCUT2D eigenvalue weighted by Gasteiger charge is -1.99. The topological polar surface area (TPSA) is 67.6 Å². The minimum absolute atomic E-state index is 0.0492. The Morgan fingerprint density at radius 1 is 1.57 bits per heavy atom. The summed E-state index contributed by atoms with van der Waals surface area (Å²) in [4.78, 5) is 5.59. The molecule has 2 heterocycles. The maximum atomic E-state index is 5.83. The van der Waals surface area contributed by atoms with Gasteiger partial charge in [-0.3, -0.25) is 5.10 Å². The van der Waals surface area contributed by atoms with Crippen molar-refractivity contribution in [2.75, 3.05) is 0 Å². The molecule has 0 radical (unpaired) electrons. The van der Waals surface area contributed by atoms with Crippen LogP contribution in [0, 0.1) is 6.92 Å². The fraction of sp³-hybridized carbons (Fsp3) is 0.333. The van der Waals surface area contributed by atoms with Crippen LogP contribution in [-0.4, -0.2) is 15.2 Å². The highest BCUT2D eigenvalue weighted by atomic mass is 32.1. The summed E-state index contributed by atoms with van der Waals surface area (Å²) < 4.78 is 0. The van der Waals surface area contributed by atoms with Gasteiger partial charge in [-0.05, 0) is 13.8 Å². The molecule has 3 N–H and O–H groups in total. The number of aromatic amines is 1. The molecule has 2 aromatic rings. The van der Waals surface area contributed by atoms with Crippen LogP contribution < -0.4 is 5.73 Å². The molecule has 0 aliphatic heterocycles. The summed E-state index contributed by atoms with van der Waals surface area (Å²) in [6, 6.07) is 0.0492. The summed E-state index contributed by atoms with van der Waals surface area (Å²) in [6.07, 6.45) is 3.60. The molecule has 4 nitrogen and oxygen atoms in total. The molecule has 14 heavy (non-hydrogen) atoms. The van der Waals surface area contributed by atoms with Gasteiger partial charge in [-0.1, -0.05) is 0 Å². The Bertz CT molecular complexity index is 416. The maximum absolute atomic E-state index is 5.83. The van der Waals surface area contributed by atoms with Crippen molar-refractivity contribution in [3.63, 3.8) is 0 Å². The average Bonchev–Trinajstić information content (AvgIpc) is 2.70. The first-order chi connectivity index (χ1) is 6.68. The van der Waals surface area contributed by atoms with E-state index in [1.807, 2.05) is 20.0 Å². The molecule has 0 amide bonds. The molecular weight excluding hydrogens is 196 g/mol. The Labute approximate surface area is 86.2 Å². The van der Waals surface area contributed by atoms with Gasteiger partial charge in [0.1, 0.15) is 5.01 Å². The SMILES string of the molecule is Cc1nc(-c2cn[nH]c2)sc1C(C)N. The predicted molar refractivity (Wildman–Crippen MR) is 57.0 cm³/mol. The third kappa shape index (κ3) is 1.56. The fourth-order valence-electron chi connectivity index (χ4n) is 1.32. The summed E-state index contributed by atoms with van der Waals surface area (Å²) in [7, 11) is 0. The summed E-state index contributed by atoms with van der Waals surface area (Å²) in [6.45, 7) is 3.96. The normalized spacial score (nSPS) is 13.1. The number of nitrogens with one attached hydrogen (secondary N) is 1. The van der Waals surface area contributed by atoms with Gasteiger partial charge in [-0.15, -0.1) is 11.3 Å². The second kappa shape index (κ2) is 3.51. The van der Waals surface area contributed by atoms with Crippen molar-refractivity contribution in [2.45, 2.75) is 19.9 Å². The lowest BCUT2D eigenvalue weighted by molar-refractivity contribution is 0.825. The van der Waals surface area contributed by atoms with Gasteiger partial charge >= 0.3 is 0 Å². The number of H-pyrrole nitrogens is 1. The lowest BCUT2D eigenvalue weighted by atomic mass is 10.2. The van der Waals surface area contributed by atoms with Crippen LogP contribution in [0.25, 0.3) is 10.6 Å². The van der Waals surface area contributed by atoms with E-state index in [1.165, 1.54) is 0 Å². The first-order valence-electron chi connectivity index (χ1n) is 4.40. The highest BCUT2D eigenvalue weighted by Crippen LogP contribution is 2.29. The highest BCUT2D eigenvalue weighted by molar-refractivity contribution is 7.15. The molecule has 0 aliphatic carbocycles. The zero-order chi connectivity index (χ0) is 10.1. The lowest BCUT2D eigenvalue weighted by Crippen LogP contribution is -2.03. The maximum Gasteiger partial charge on any atom is 0.127 e. The van der Waals surface area contributed by atoms with E-state index in [9.17, 15) is 0 Å². The van der Waals surface area contributed by atoms with E-state index < -0.39 is 0 Å². The smallest absolute Gasteiger partial charge is 0.127 e. The van der Waals surface area contributed by atoms with Crippen LogP contribution in [0.3, 0.4) is 0 Å². The van der Waals surface area contributed by atoms with Crippen LogP contribution in [0.2, 0.25) is 0 Å². The molecule has 2 aromatic heterocycles. The monoisotopic (exact) mass is 208 g/mol. The Morgan fingerprint density at radius 3 is 2.86 bits per heavy atom. The number of aryl methyl sites for hydroxylation is 1.